The number of hydrogen-bond acceptors (Lipinski definition) is 8. The molecule has 2 aromatic carbocycles. The highest BCUT2D eigenvalue weighted by Gasteiger charge is 2.30. The summed E-state index contributed by atoms with van der Waals surface area (Å²) in [4.78, 5) is 38.0. The van der Waals surface area contributed by atoms with Crippen molar-refractivity contribution in [3.63, 3.8) is 0 Å². The summed E-state index contributed by atoms with van der Waals surface area (Å²) in [5, 5.41) is 0. The van der Waals surface area contributed by atoms with Crippen LogP contribution in [-0.2, 0) is 20.7 Å². The molecular formula is C26H27N3O5. The molecular weight excluding hydrogens is 434 g/mol. The Balaban J connectivity index is 2.09. The van der Waals surface area contributed by atoms with Gasteiger partial charge in [0.1, 0.15) is 11.5 Å². The van der Waals surface area contributed by atoms with Crippen molar-refractivity contribution >= 4 is 23.7 Å². The molecule has 0 bridgehead atoms. The van der Waals surface area contributed by atoms with E-state index in [2.05, 4.69) is 14.7 Å². The summed E-state index contributed by atoms with van der Waals surface area (Å²) in [5.41, 5.74) is 2.40. The molecule has 1 heterocycles. The maximum absolute atomic E-state index is 12.7. The molecule has 1 aromatic heterocycles. The van der Waals surface area contributed by atoms with E-state index in [1.165, 1.54) is 0 Å². The highest BCUT2D eigenvalue weighted by molar-refractivity contribution is 6.40. The summed E-state index contributed by atoms with van der Waals surface area (Å²) >= 11 is 0. The molecule has 0 amide bonds. The van der Waals surface area contributed by atoms with Gasteiger partial charge in [-0.3, -0.25) is 0 Å². The summed E-state index contributed by atoms with van der Waals surface area (Å²) in [5.74, 6) is 0.111. The van der Waals surface area contributed by atoms with Crippen LogP contribution >= 0.6 is 0 Å². The van der Waals surface area contributed by atoms with E-state index < -0.39 is 17.5 Å². The maximum atomic E-state index is 12.7. The fourth-order valence-corrected chi connectivity index (χ4v) is 3.11. The predicted molar refractivity (Wildman–Crippen MR) is 128 cm³/mol. The summed E-state index contributed by atoms with van der Waals surface area (Å²) in [7, 11) is 2.74. The third-order valence-corrected chi connectivity index (χ3v) is 4.89. The number of aliphatic imine (C=N–C) groups is 1. The molecule has 0 fully saturated rings. The Labute approximate surface area is 198 Å². The number of methoxy groups -OCH3 is 2. The van der Waals surface area contributed by atoms with E-state index in [9.17, 15) is 9.59 Å². The largest absolute Gasteiger partial charge is 0.516 e. The van der Waals surface area contributed by atoms with Crippen LogP contribution in [0.3, 0.4) is 0 Å². The van der Waals surface area contributed by atoms with Crippen LogP contribution < -0.4 is 4.74 Å². The first-order valence-corrected chi connectivity index (χ1v) is 10.6. The minimum Gasteiger partial charge on any atom is -0.497 e. The molecule has 0 saturated carbocycles. The number of carbonyl (C=O) groups is 2. The van der Waals surface area contributed by atoms with Crippen LogP contribution in [0.5, 0.6) is 5.75 Å². The molecule has 0 unspecified atom stereocenters. The van der Waals surface area contributed by atoms with Crippen molar-refractivity contribution in [1.82, 2.24) is 9.97 Å². The second kappa shape index (κ2) is 10.7. The highest BCUT2D eigenvalue weighted by atomic mass is 16.7. The number of nitrogens with zero attached hydrogens (tertiary/aromatic N) is 3. The molecule has 0 N–H and O–H groups in total. The third kappa shape index (κ3) is 6.25. The molecule has 0 aliphatic rings. The average molecular weight is 462 g/mol. The number of ether oxygens (including phenoxy) is 3. The Morgan fingerprint density at radius 3 is 2.24 bits per heavy atom. The number of hydrogen-bond donors (Lipinski definition) is 0. The van der Waals surface area contributed by atoms with Crippen molar-refractivity contribution in [3.05, 3.63) is 72.1 Å². The molecule has 0 radical (unpaired) electrons. The quantitative estimate of drug-likeness (QED) is 0.284. The van der Waals surface area contributed by atoms with Gasteiger partial charge in [-0.25, -0.2) is 24.5 Å². The van der Waals surface area contributed by atoms with E-state index in [4.69, 9.17) is 14.5 Å². The average Bonchev–Trinajstić information content (AvgIpc) is 2.83. The van der Waals surface area contributed by atoms with Gasteiger partial charge in [-0.1, -0.05) is 51.1 Å². The first-order chi connectivity index (χ1) is 16.2. The van der Waals surface area contributed by atoms with Crippen LogP contribution in [0.25, 0.3) is 11.3 Å². The lowest BCUT2D eigenvalue weighted by atomic mass is 9.90. The maximum Gasteiger partial charge on any atom is 0.516 e. The lowest BCUT2D eigenvalue weighted by Gasteiger charge is -2.19. The Morgan fingerprint density at radius 2 is 1.65 bits per heavy atom. The van der Waals surface area contributed by atoms with Gasteiger partial charge in [-0.15, -0.1) is 0 Å². The second-order valence-corrected chi connectivity index (χ2v) is 8.47. The molecule has 34 heavy (non-hydrogen) atoms. The van der Waals surface area contributed by atoms with E-state index >= 15 is 0 Å². The van der Waals surface area contributed by atoms with Crippen LogP contribution in [-0.4, -0.2) is 42.0 Å². The van der Waals surface area contributed by atoms with E-state index in [-0.39, 0.29) is 11.5 Å². The van der Waals surface area contributed by atoms with Gasteiger partial charge in [0.25, 0.3) is 0 Å². The Bertz CT molecular complexity index is 1180. The third-order valence-electron chi connectivity index (χ3n) is 4.89. The van der Waals surface area contributed by atoms with Crippen molar-refractivity contribution in [1.29, 1.82) is 0 Å². The topological polar surface area (TPSA) is 100.0 Å². The number of rotatable bonds is 6. The second-order valence-electron chi connectivity index (χ2n) is 8.47. The zero-order chi connectivity index (χ0) is 24.7. The van der Waals surface area contributed by atoms with Crippen LogP contribution in [0, 0.1) is 5.41 Å². The van der Waals surface area contributed by atoms with Gasteiger partial charge >= 0.3 is 12.1 Å². The van der Waals surface area contributed by atoms with E-state index in [0.29, 0.717) is 17.8 Å². The van der Waals surface area contributed by atoms with Crippen LogP contribution in [0.2, 0.25) is 0 Å². The highest BCUT2D eigenvalue weighted by Crippen LogP contribution is 2.27. The molecule has 0 spiro atoms. The molecule has 0 aliphatic heterocycles. The summed E-state index contributed by atoms with van der Waals surface area (Å²) in [6.45, 7) is 5.38. The molecule has 0 aliphatic carbocycles. The van der Waals surface area contributed by atoms with Gasteiger partial charge < -0.3 is 14.2 Å². The minimum absolute atomic E-state index is 0.0266. The molecule has 0 saturated heterocycles. The zero-order valence-corrected chi connectivity index (χ0v) is 19.9. The van der Waals surface area contributed by atoms with Gasteiger partial charge in [0.15, 0.2) is 5.82 Å². The van der Waals surface area contributed by atoms with Crippen LogP contribution in [0.4, 0.5) is 10.6 Å². The van der Waals surface area contributed by atoms with E-state index in [0.717, 1.165) is 24.0 Å². The standard InChI is InChI=1S/C26H27N3O5/c1-26(2,3)22(24(30)34-25(31)33-5)29-23-20(15-17-9-7-6-8-10-17)28-21(16-27-23)18-11-13-19(32-4)14-12-18/h6-14,16H,15H2,1-5H3. The van der Waals surface area contributed by atoms with Gasteiger partial charge in [-0.2, -0.15) is 0 Å². The minimum atomic E-state index is -1.10. The number of aromatic nitrogens is 2. The Hall–Kier alpha value is -4.07. The normalized spacial score (nSPS) is 11.6. The van der Waals surface area contributed by atoms with E-state index in [1.807, 2.05) is 54.6 Å². The van der Waals surface area contributed by atoms with Crippen molar-refractivity contribution in [3.8, 4) is 17.0 Å². The molecule has 3 rings (SSSR count). The van der Waals surface area contributed by atoms with Crippen molar-refractivity contribution in [2.75, 3.05) is 14.2 Å². The van der Waals surface area contributed by atoms with Gasteiger partial charge in [0, 0.05) is 17.4 Å². The summed E-state index contributed by atoms with van der Waals surface area (Å²) in [6.07, 6.45) is 0.939. The summed E-state index contributed by atoms with van der Waals surface area (Å²) < 4.78 is 14.4. The molecule has 8 heteroatoms. The predicted octanol–water partition coefficient (Wildman–Crippen LogP) is 5.17. The van der Waals surface area contributed by atoms with Crippen molar-refractivity contribution in [2.24, 2.45) is 10.4 Å². The smallest absolute Gasteiger partial charge is 0.497 e. The van der Waals surface area contributed by atoms with Crippen LogP contribution in [0.15, 0.2) is 65.8 Å². The fourth-order valence-electron chi connectivity index (χ4n) is 3.11. The first-order valence-electron chi connectivity index (χ1n) is 10.6. The van der Waals surface area contributed by atoms with Crippen molar-refractivity contribution in [2.45, 2.75) is 27.2 Å². The monoisotopic (exact) mass is 461 g/mol. The number of benzene rings is 2. The molecule has 3 aromatic rings. The van der Waals surface area contributed by atoms with Gasteiger partial charge in [0.2, 0.25) is 0 Å². The first kappa shape index (κ1) is 24.6. The SMILES string of the molecule is COC(=O)OC(=O)C(=Nc1ncc(-c2ccc(OC)cc2)nc1Cc1ccccc1)C(C)(C)C. The van der Waals surface area contributed by atoms with Gasteiger partial charge in [-0.05, 0) is 29.8 Å². The van der Waals surface area contributed by atoms with Crippen molar-refractivity contribution < 1.29 is 23.8 Å². The molecule has 176 valence electrons. The van der Waals surface area contributed by atoms with E-state index in [1.54, 1.807) is 34.1 Å². The summed E-state index contributed by atoms with van der Waals surface area (Å²) in [6, 6.07) is 17.2. The fraction of sp³-hybridized carbons (Fsp3) is 0.269. The number of esters is 1. The molecule has 8 nitrogen and oxygen atoms in total. The Morgan fingerprint density at radius 1 is 0.971 bits per heavy atom. The molecule has 0 atom stereocenters. The van der Waals surface area contributed by atoms with Crippen LogP contribution in [0.1, 0.15) is 32.0 Å². The lowest BCUT2D eigenvalue weighted by Crippen LogP contribution is -2.32. The lowest BCUT2D eigenvalue weighted by molar-refractivity contribution is -0.132. The van der Waals surface area contributed by atoms with Gasteiger partial charge in [0.05, 0.1) is 31.8 Å². The zero-order valence-electron chi connectivity index (χ0n) is 19.9. The number of carbonyl (C=O) groups excluding carboxylic acids is 2. The Kier molecular flexibility index (Phi) is 7.73.